The van der Waals surface area contributed by atoms with Gasteiger partial charge in [0.1, 0.15) is 0 Å². The molecule has 1 aliphatic heterocycles. The van der Waals surface area contributed by atoms with Gasteiger partial charge >= 0.3 is 0 Å². The van der Waals surface area contributed by atoms with Gasteiger partial charge in [-0.05, 0) is 38.1 Å². The Kier molecular flexibility index (Phi) is 10.3. The van der Waals surface area contributed by atoms with Crippen molar-refractivity contribution >= 4 is 0 Å². The first-order chi connectivity index (χ1) is 11.0. The molecule has 1 nitrogen and oxygen atoms in total. The second kappa shape index (κ2) is 12.4. The van der Waals surface area contributed by atoms with Gasteiger partial charge in [0.15, 0.2) is 0 Å². The molecule has 0 bridgehead atoms. The van der Waals surface area contributed by atoms with Gasteiger partial charge < -0.3 is 5.32 Å². The van der Waals surface area contributed by atoms with Crippen molar-refractivity contribution in [3.05, 3.63) is 0 Å². The average Bonchev–Trinajstić information content (AvgIpc) is 2.53. The quantitative estimate of drug-likeness (QED) is 0.574. The highest BCUT2D eigenvalue weighted by Crippen LogP contribution is 2.26. The van der Waals surface area contributed by atoms with E-state index in [1.165, 1.54) is 122 Å². The highest BCUT2D eigenvalue weighted by Gasteiger charge is 2.20. The maximum absolute atomic E-state index is 3.97. The first-order valence-corrected chi connectivity index (χ1v) is 10.7. The molecule has 1 saturated heterocycles. The van der Waals surface area contributed by atoms with Gasteiger partial charge in [0.2, 0.25) is 0 Å². The lowest BCUT2D eigenvalue weighted by Gasteiger charge is -2.30. The average molecular weight is 308 g/mol. The summed E-state index contributed by atoms with van der Waals surface area (Å²) in [6, 6.07) is 0.834. The summed E-state index contributed by atoms with van der Waals surface area (Å²) in [6.07, 6.45) is 26.6. The van der Waals surface area contributed by atoms with E-state index in [1.807, 2.05) is 0 Å². The van der Waals surface area contributed by atoms with Crippen LogP contribution < -0.4 is 5.32 Å². The van der Waals surface area contributed by atoms with E-state index >= 15 is 0 Å². The predicted molar refractivity (Wildman–Crippen MR) is 98.4 cm³/mol. The first-order valence-electron chi connectivity index (χ1n) is 10.7. The monoisotopic (exact) mass is 307 g/mol. The van der Waals surface area contributed by atoms with Gasteiger partial charge in [0.25, 0.3) is 0 Å². The lowest BCUT2D eigenvalue weighted by molar-refractivity contribution is 0.272. The Morgan fingerprint density at radius 3 is 1.36 bits per heavy atom. The number of hydrogen-bond acceptors (Lipinski definition) is 1. The Labute approximate surface area is 140 Å². The summed E-state index contributed by atoms with van der Waals surface area (Å²) in [5.41, 5.74) is 0. The minimum absolute atomic E-state index is 0.834. The maximum atomic E-state index is 3.97. The Morgan fingerprint density at radius 1 is 0.409 bits per heavy atom. The van der Waals surface area contributed by atoms with Crippen molar-refractivity contribution in [3.8, 4) is 0 Å². The molecular weight excluding hydrogens is 266 g/mol. The van der Waals surface area contributed by atoms with Gasteiger partial charge in [-0.1, -0.05) is 89.9 Å². The van der Waals surface area contributed by atoms with Crippen molar-refractivity contribution in [2.45, 2.75) is 122 Å². The molecular formula is C21H41N. The SMILES string of the molecule is C1CCCCCC(C2CCCCCCCCN2)CCCCC1. The second-order valence-corrected chi connectivity index (χ2v) is 7.99. The largest absolute Gasteiger partial charge is 0.314 e. The highest BCUT2D eigenvalue weighted by atomic mass is 14.9. The number of nitrogens with one attached hydrogen (secondary N) is 1. The minimum Gasteiger partial charge on any atom is -0.314 e. The third-order valence-electron chi connectivity index (χ3n) is 6.07. The van der Waals surface area contributed by atoms with Crippen LogP contribution in [-0.4, -0.2) is 12.6 Å². The predicted octanol–water partition coefficient (Wildman–Crippen LogP) is 6.61. The van der Waals surface area contributed by atoms with Gasteiger partial charge in [0.05, 0.1) is 0 Å². The normalized spacial score (nSPS) is 29.2. The summed E-state index contributed by atoms with van der Waals surface area (Å²) in [4.78, 5) is 0. The van der Waals surface area contributed by atoms with Gasteiger partial charge in [0, 0.05) is 6.04 Å². The Balaban J connectivity index is 1.81. The van der Waals surface area contributed by atoms with E-state index < -0.39 is 0 Å². The van der Waals surface area contributed by atoms with E-state index in [2.05, 4.69) is 5.32 Å². The van der Waals surface area contributed by atoms with Crippen molar-refractivity contribution in [2.75, 3.05) is 6.54 Å². The summed E-state index contributed by atoms with van der Waals surface area (Å²) in [7, 11) is 0. The molecule has 0 radical (unpaired) electrons. The molecule has 1 saturated carbocycles. The van der Waals surface area contributed by atoms with Crippen LogP contribution in [0.1, 0.15) is 116 Å². The first kappa shape index (κ1) is 18.3. The summed E-state index contributed by atoms with van der Waals surface area (Å²) < 4.78 is 0. The molecule has 0 aromatic rings. The fraction of sp³-hybridized carbons (Fsp3) is 1.00. The fourth-order valence-electron chi connectivity index (χ4n) is 4.59. The highest BCUT2D eigenvalue weighted by molar-refractivity contribution is 4.78. The molecule has 1 heteroatoms. The summed E-state index contributed by atoms with van der Waals surface area (Å²) in [5, 5.41) is 3.97. The molecule has 1 unspecified atom stereocenters. The maximum Gasteiger partial charge on any atom is 0.00953 e. The molecule has 1 heterocycles. The Hall–Kier alpha value is -0.0400. The van der Waals surface area contributed by atoms with E-state index in [4.69, 9.17) is 0 Å². The molecule has 1 aliphatic carbocycles. The van der Waals surface area contributed by atoms with Crippen LogP contribution in [0.5, 0.6) is 0 Å². The van der Waals surface area contributed by atoms with E-state index in [1.54, 1.807) is 0 Å². The molecule has 2 aliphatic rings. The van der Waals surface area contributed by atoms with Crippen molar-refractivity contribution in [2.24, 2.45) is 5.92 Å². The molecule has 0 amide bonds. The molecule has 2 fully saturated rings. The van der Waals surface area contributed by atoms with Crippen LogP contribution in [-0.2, 0) is 0 Å². The van der Waals surface area contributed by atoms with E-state index in [0.29, 0.717) is 0 Å². The van der Waals surface area contributed by atoms with E-state index in [9.17, 15) is 0 Å². The molecule has 1 atom stereocenters. The molecule has 22 heavy (non-hydrogen) atoms. The number of hydrogen-bond donors (Lipinski definition) is 1. The number of rotatable bonds is 1. The summed E-state index contributed by atoms with van der Waals surface area (Å²) in [6.45, 7) is 1.28. The lowest BCUT2D eigenvalue weighted by Crippen LogP contribution is -2.37. The minimum atomic E-state index is 0.834. The molecule has 0 aromatic carbocycles. The zero-order valence-electron chi connectivity index (χ0n) is 15.1. The molecule has 2 rings (SSSR count). The van der Waals surface area contributed by atoms with Crippen molar-refractivity contribution in [1.29, 1.82) is 0 Å². The Morgan fingerprint density at radius 2 is 0.818 bits per heavy atom. The van der Waals surface area contributed by atoms with Crippen LogP contribution in [0.15, 0.2) is 0 Å². The zero-order valence-corrected chi connectivity index (χ0v) is 15.1. The van der Waals surface area contributed by atoms with Crippen molar-refractivity contribution in [3.63, 3.8) is 0 Å². The van der Waals surface area contributed by atoms with Crippen LogP contribution >= 0.6 is 0 Å². The topological polar surface area (TPSA) is 12.0 Å². The fourth-order valence-corrected chi connectivity index (χ4v) is 4.59. The van der Waals surface area contributed by atoms with Gasteiger partial charge in [-0.15, -0.1) is 0 Å². The molecule has 0 spiro atoms. The van der Waals surface area contributed by atoms with Gasteiger partial charge in [-0.2, -0.15) is 0 Å². The second-order valence-electron chi connectivity index (χ2n) is 7.99. The van der Waals surface area contributed by atoms with Crippen molar-refractivity contribution < 1.29 is 0 Å². The molecule has 0 aromatic heterocycles. The lowest BCUT2D eigenvalue weighted by atomic mass is 9.84. The summed E-state index contributed by atoms with van der Waals surface area (Å²) in [5.74, 6) is 0.971. The Bertz CT molecular complexity index is 228. The molecule has 130 valence electrons. The van der Waals surface area contributed by atoms with E-state index in [-0.39, 0.29) is 0 Å². The summed E-state index contributed by atoms with van der Waals surface area (Å²) >= 11 is 0. The van der Waals surface area contributed by atoms with Gasteiger partial charge in [-0.3, -0.25) is 0 Å². The van der Waals surface area contributed by atoms with Crippen LogP contribution in [0, 0.1) is 5.92 Å². The van der Waals surface area contributed by atoms with Crippen molar-refractivity contribution in [1.82, 2.24) is 5.32 Å². The smallest absolute Gasteiger partial charge is 0.00953 e. The van der Waals surface area contributed by atoms with Crippen LogP contribution in [0.3, 0.4) is 0 Å². The van der Waals surface area contributed by atoms with Gasteiger partial charge in [-0.25, -0.2) is 0 Å². The third kappa shape index (κ3) is 7.99. The van der Waals surface area contributed by atoms with E-state index in [0.717, 1.165) is 12.0 Å². The third-order valence-corrected chi connectivity index (χ3v) is 6.07. The zero-order chi connectivity index (χ0) is 15.3. The van der Waals surface area contributed by atoms with Crippen LogP contribution in [0.25, 0.3) is 0 Å². The van der Waals surface area contributed by atoms with Crippen LogP contribution in [0.2, 0.25) is 0 Å². The van der Waals surface area contributed by atoms with Crippen LogP contribution in [0.4, 0.5) is 0 Å². The molecule has 1 N–H and O–H groups in total. The standard InChI is InChI=1S/C21H41N/c1-2-4-8-12-16-20(17-13-9-5-3-1)21-18-14-10-6-7-11-15-19-22-21/h20-22H,1-19H2.